The van der Waals surface area contributed by atoms with Gasteiger partial charge in [-0.15, -0.1) is 0 Å². The number of pyridine rings is 1. The minimum absolute atomic E-state index is 0.674. The molecule has 2 rings (SSSR count). The van der Waals surface area contributed by atoms with Crippen molar-refractivity contribution < 1.29 is 0 Å². The van der Waals surface area contributed by atoms with Crippen LogP contribution in [0.1, 0.15) is 32.6 Å². The van der Waals surface area contributed by atoms with Gasteiger partial charge in [-0.25, -0.2) is 0 Å². The van der Waals surface area contributed by atoms with Crippen molar-refractivity contribution >= 4 is 21.6 Å². The summed E-state index contributed by atoms with van der Waals surface area (Å²) < 4.78 is 1.09. The van der Waals surface area contributed by atoms with Crippen molar-refractivity contribution in [1.82, 2.24) is 4.98 Å². The van der Waals surface area contributed by atoms with Crippen molar-refractivity contribution in [2.45, 2.75) is 38.6 Å². The van der Waals surface area contributed by atoms with Crippen LogP contribution in [-0.2, 0) is 0 Å². The molecule has 88 valence electrons. The molecule has 1 aromatic rings. The van der Waals surface area contributed by atoms with Gasteiger partial charge in [-0.1, -0.05) is 19.8 Å². The van der Waals surface area contributed by atoms with Crippen LogP contribution in [0.2, 0.25) is 0 Å². The largest absolute Gasteiger partial charge is 0.370 e. The van der Waals surface area contributed by atoms with Gasteiger partial charge >= 0.3 is 0 Å². The lowest BCUT2D eigenvalue weighted by atomic mass is 9.85. The Morgan fingerprint density at radius 3 is 2.81 bits per heavy atom. The third kappa shape index (κ3) is 2.40. The molecule has 0 aromatic carbocycles. The Morgan fingerprint density at radius 2 is 2.12 bits per heavy atom. The van der Waals surface area contributed by atoms with Crippen LogP contribution >= 0.6 is 15.9 Å². The normalized spacial score (nSPS) is 25.4. The Morgan fingerprint density at radius 1 is 1.38 bits per heavy atom. The Balaban J connectivity index is 2.17. The van der Waals surface area contributed by atoms with E-state index in [9.17, 15) is 0 Å². The highest BCUT2D eigenvalue weighted by molar-refractivity contribution is 9.10. The van der Waals surface area contributed by atoms with Crippen molar-refractivity contribution in [3.63, 3.8) is 0 Å². The van der Waals surface area contributed by atoms with Crippen LogP contribution in [0.5, 0.6) is 0 Å². The predicted molar refractivity (Wildman–Crippen MR) is 71.8 cm³/mol. The van der Waals surface area contributed by atoms with Gasteiger partial charge in [-0.05, 0) is 40.8 Å². The Bertz CT molecular complexity index is 354. The van der Waals surface area contributed by atoms with Gasteiger partial charge in [0.05, 0.1) is 10.2 Å². The van der Waals surface area contributed by atoms with Crippen LogP contribution in [0.15, 0.2) is 22.9 Å². The molecule has 0 bridgehead atoms. The number of anilines is 1. The molecule has 1 aliphatic rings. The highest BCUT2D eigenvalue weighted by Gasteiger charge is 2.25. The standard InChI is InChI=1S/C13H19BrN2/c1-10-5-3-4-6-12(10)16(2)13-7-8-15-9-11(13)14/h7-10,12H,3-6H2,1-2H3. The molecule has 1 fully saturated rings. The van der Waals surface area contributed by atoms with E-state index in [0.717, 1.165) is 10.4 Å². The molecular formula is C13H19BrN2. The van der Waals surface area contributed by atoms with Crippen LogP contribution in [0.4, 0.5) is 5.69 Å². The lowest BCUT2D eigenvalue weighted by molar-refractivity contribution is 0.321. The number of hydrogen-bond acceptors (Lipinski definition) is 2. The van der Waals surface area contributed by atoms with Gasteiger partial charge in [-0.3, -0.25) is 4.98 Å². The van der Waals surface area contributed by atoms with E-state index in [0.29, 0.717) is 6.04 Å². The number of nitrogens with zero attached hydrogens (tertiary/aromatic N) is 2. The Labute approximate surface area is 106 Å². The summed E-state index contributed by atoms with van der Waals surface area (Å²) in [5.74, 6) is 0.791. The van der Waals surface area contributed by atoms with Crippen LogP contribution in [0, 0.1) is 5.92 Å². The first-order chi connectivity index (χ1) is 7.70. The Kier molecular flexibility index (Phi) is 3.85. The molecule has 1 aromatic heterocycles. The average Bonchev–Trinajstić information content (AvgIpc) is 2.29. The molecule has 2 atom stereocenters. The maximum Gasteiger partial charge on any atom is 0.0592 e. The summed E-state index contributed by atoms with van der Waals surface area (Å²) in [5.41, 5.74) is 1.26. The van der Waals surface area contributed by atoms with Crippen molar-refractivity contribution in [3.8, 4) is 0 Å². The fourth-order valence-corrected chi connectivity index (χ4v) is 3.23. The molecule has 1 saturated carbocycles. The average molecular weight is 283 g/mol. The topological polar surface area (TPSA) is 16.1 Å². The maximum absolute atomic E-state index is 4.12. The molecule has 1 heterocycles. The van der Waals surface area contributed by atoms with Crippen LogP contribution < -0.4 is 4.90 Å². The van der Waals surface area contributed by atoms with Gasteiger partial charge in [0.1, 0.15) is 0 Å². The van der Waals surface area contributed by atoms with Crippen LogP contribution in [0.25, 0.3) is 0 Å². The van der Waals surface area contributed by atoms with Gasteiger partial charge < -0.3 is 4.90 Å². The summed E-state index contributed by atoms with van der Waals surface area (Å²) in [4.78, 5) is 6.53. The van der Waals surface area contributed by atoms with Crippen molar-refractivity contribution in [2.24, 2.45) is 5.92 Å². The molecule has 0 radical (unpaired) electrons. The summed E-state index contributed by atoms with van der Waals surface area (Å²) in [7, 11) is 2.20. The van der Waals surface area contributed by atoms with Gasteiger partial charge in [0, 0.05) is 25.5 Å². The van der Waals surface area contributed by atoms with Gasteiger partial charge in [0.15, 0.2) is 0 Å². The fourth-order valence-electron chi connectivity index (χ4n) is 2.70. The monoisotopic (exact) mass is 282 g/mol. The molecular weight excluding hydrogens is 264 g/mol. The minimum atomic E-state index is 0.674. The first-order valence-corrected chi connectivity index (χ1v) is 6.82. The summed E-state index contributed by atoms with van der Waals surface area (Å²) in [6.45, 7) is 2.37. The fraction of sp³-hybridized carbons (Fsp3) is 0.615. The van der Waals surface area contributed by atoms with E-state index in [2.05, 4.69) is 45.9 Å². The number of aromatic nitrogens is 1. The highest BCUT2D eigenvalue weighted by Crippen LogP contribution is 2.33. The van der Waals surface area contributed by atoms with Gasteiger partial charge in [-0.2, -0.15) is 0 Å². The predicted octanol–water partition coefficient (Wildman–Crippen LogP) is 3.86. The second-order valence-electron chi connectivity index (χ2n) is 4.77. The SMILES string of the molecule is CC1CCCCC1N(C)c1ccncc1Br. The second kappa shape index (κ2) is 5.17. The lowest BCUT2D eigenvalue weighted by Crippen LogP contribution is -2.39. The summed E-state index contributed by atoms with van der Waals surface area (Å²) in [6, 6.07) is 2.76. The van der Waals surface area contributed by atoms with Gasteiger partial charge in [0.2, 0.25) is 0 Å². The number of hydrogen-bond donors (Lipinski definition) is 0. The van der Waals surface area contributed by atoms with E-state index in [4.69, 9.17) is 0 Å². The van der Waals surface area contributed by atoms with Crippen LogP contribution in [-0.4, -0.2) is 18.1 Å². The zero-order chi connectivity index (χ0) is 11.5. The number of rotatable bonds is 2. The van der Waals surface area contributed by atoms with E-state index in [-0.39, 0.29) is 0 Å². The van der Waals surface area contributed by atoms with E-state index in [1.807, 2.05) is 12.4 Å². The summed E-state index contributed by atoms with van der Waals surface area (Å²) in [5, 5.41) is 0. The summed E-state index contributed by atoms with van der Waals surface area (Å²) in [6.07, 6.45) is 9.17. The molecule has 1 aliphatic carbocycles. The first-order valence-electron chi connectivity index (χ1n) is 6.02. The zero-order valence-corrected chi connectivity index (χ0v) is 11.6. The van der Waals surface area contributed by atoms with E-state index in [1.54, 1.807) is 0 Å². The third-order valence-corrected chi connectivity index (χ3v) is 4.31. The molecule has 3 heteroatoms. The van der Waals surface area contributed by atoms with Gasteiger partial charge in [0.25, 0.3) is 0 Å². The molecule has 2 nitrogen and oxygen atoms in total. The first kappa shape index (κ1) is 11.9. The summed E-state index contributed by atoms with van der Waals surface area (Å²) >= 11 is 3.58. The quantitative estimate of drug-likeness (QED) is 0.819. The van der Waals surface area contributed by atoms with Crippen molar-refractivity contribution in [3.05, 3.63) is 22.9 Å². The van der Waals surface area contributed by atoms with Crippen molar-refractivity contribution in [1.29, 1.82) is 0 Å². The molecule has 0 amide bonds. The molecule has 0 N–H and O–H groups in total. The van der Waals surface area contributed by atoms with E-state index in [1.165, 1.54) is 31.4 Å². The van der Waals surface area contributed by atoms with Crippen LogP contribution in [0.3, 0.4) is 0 Å². The molecule has 0 spiro atoms. The number of halogens is 1. The maximum atomic E-state index is 4.12. The lowest BCUT2D eigenvalue weighted by Gasteiger charge is -2.38. The molecule has 0 saturated heterocycles. The molecule has 0 aliphatic heterocycles. The highest BCUT2D eigenvalue weighted by atomic mass is 79.9. The minimum Gasteiger partial charge on any atom is -0.370 e. The van der Waals surface area contributed by atoms with E-state index >= 15 is 0 Å². The Hall–Kier alpha value is -0.570. The second-order valence-corrected chi connectivity index (χ2v) is 5.62. The molecule has 16 heavy (non-hydrogen) atoms. The van der Waals surface area contributed by atoms with Crippen molar-refractivity contribution in [2.75, 3.05) is 11.9 Å². The third-order valence-electron chi connectivity index (χ3n) is 3.69. The molecule has 2 unspecified atom stereocenters. The van der Waals surface area contributed by atoms with E-state index < -0.39 is 0 Å². The zero-order valence-electron chi connectivity index (χ0n) is 9.99. The smallest absolute Gasteiger partial charge is 0.0592 e.